The SMILES string of the molecule is CCN(CC1CC1)c1ccc(F)cc1[C@H](C)N. The Balaban J connectivity index is 2.27. The van der Waals surface area contributed by atoms with Crippen molar-refractivity contribution in [3.63, 3.8) is 0 Å². The minimum absolute atomic E-state index is 0.131. The number of rotatable bonds is 5. The largest absolute Gasteiger partial charge is 0.371 e. The van der Waals surface area contributed by atoms with E-state index in [0.29, 0.717) is 0 Å². The molecule has 3 heteroatoms. The number of benzene rings is 1. The van der Waals surface area contributed by atoms with Crippen molar-refractivity contribution in [2.24, 2.45) is 11.7 Å². The van der Waals surface area contributed by atoms with Crippen molar-refractivity contribution in [1.29, 1.82) is 0 Å². The van der Waals surface area contributed by atoms with Crippen molar-refractivity contribution in [3.05, 3.63) is 29.6 Å². The predicted octanol–water partition coefficient (Wildman–Crippen LogP) is 3.08. The normalized spacial score (nSPS) is 16.9. The summed E-state index contributed by atoms with van der Waals surface area (Å²) in [5, 5.41) is 0. The van der Waals surface area contributed by atoms with Gasteiger partial charge in [0, 0.05) is 24.8 Å². The molecule has 1 aromatic carbocycles. The van der Waals surface area contributed by atoms with Gasteiger partial charge in [-0.1, -0.05) is 0 Å². The third kappa shape index (κ3) is 2.97. The van der Waals surface area contributed by atoms with E-state index in [1.165, 1.54) is 18.9 Å². The molecule has 0 spiro atoms. The van der Waals surface area contributed by atoms with Gasteiger partial charge in [0.15, 0.2) is 0 Å². The maximum Gasteiger partial charge on any atom is 0.123 e. The van der Waals surface area contributed by atoms with Gasteiger partial charge < -0.3 is 10.6 Å². The zero-order valence-corrected chi connectivity index (χ0v) is 10.6. The second-order valence-corrected chi connectivity index (χ2v) is 4.97. The van der Waals surface area contributed by atoms with E-state index in [0.717, 1.165) is 30.3 Å². The Bertz CT molecular complexity index is 386. The summed E-state index contributed by atoms with van der Waals surface area (Å²) < 4.78 is 13.3. The first-order valence-corrected chi connectivity index (χ1v) is 6.41. The van der Waals surface area contributed by atoms with Crippen LogP contribution in [0.25, 0.3) is 0 Å². The van der Waals surface area contributed by atoms with Crippen molar-refractivity contribution >= 4 is 5.69 Å². The van der Waals surface area contributed by atoms with Crippen LogP contribution in [0.4, 0.5) is 10.1 Å². The summed E-state index contributed by atoms with van der Waals surface area (Å²) in [7, 11) is 0. The van der Waals surface area contributed by atoms with Crippen LogP contribution in [-0.4, -0.2) is 13.1 Å². The molecule has 1 aliphatic rings. The Morgan fingerprint density at radius 1 is 1.47 bits per heavy atom. The van der Waals surface area contributed by atoms with Crippen molar-refractivity contribution < 1.29 is 4.39 Å². The van der Waals surface area contributed by atoms with Crippen LogP contribution >= 0.6 is 0 Å². The third-order valence-corrected chi connectivity index (χ3v) is 3.38. The fraction of sp³-hybridized carbons (Fsp3) is 0.571. The lowest BCUT2D eigenvalue weighted by molar-refractivity contribution is 0.620. The molecule has 2 N–H and O–H groups in total. The highest BCUT2D eigenvalue weighted by Gasteiger charge is 2.25. The number of hydrogen-bond acceptors (Lipinski definition) is 2. The minimum Gasteiger partial charge on any atom is -0.371 e. The zero-order valence-electron chi connectivity index (χ0n) is 10.6. The van der Waals surface area contributed by atoms with Crippen LogP contribution in [0.3, 0.4) is 0 Å². The summed E-state index contributed by atoms with van der Waals surface area (Å²) in [5.74, 6) is 0.615. The molecule has 1 atom stereocenters. The van der Waals surface area contributed by atoms with Gasteiger partial charge in [-0.15, -0.1) is 0 Å². The Morgan fingerprint density at radius 3 is 2.71 bits per heavy atom. The summed E-state index contributed by atoms with van der Waals surface area (Å²) in [4.78, 5) is 2.32. The van der Waals surface area contributed by atoms with Gasteiger partial charge in [-0.2, -0.15) is 0 Å². The van der Waals surface area contributed by atoms with Gasteiger partial charge in [0.25, 0.3) is 0 Å². The maximum absolute atomic E-state index is 13.3. The molecule has 0 bridgehead atoms. The number of anilines is 1. The molecule has 0 heterocycles. The van der Waals surface area contributed by atoms with Crippen LogP contribution in [-0.2, 0) is 0 Å². The average molecular weight is 236 g/mol. The topological polar surface area (TPSA) is 29.3 Å². The van der Waals surface area contributed by atoms with E-state index >= 15 is 0 Å². The van der Waals surface area contributed by atoms with E-state index in [2.05, 4.69) is 11.8 Å². The van der Waals surface area contributed by atoms with Crippen LogP contribution in [0, 0.1) is 11.7 Å². The smallest absolute Gasteiger partial charge is 0.123 e. The molecule has 0 aliphatic heterocycles. The van der Waals surface area contributed by atoms with E-state index in [-0.39, 0.29) is 11.9 Å². The molecule has 0 saturated heterocycles. The third-order valence-electron chi connectivity index (χ3n) is 3.38. The molecule has 0 unspecified atom stereocenters. The lowest BCUT2D eigenvalue weighted by Gasteiger charge is -2.27. The zero-order chi connectivity index (χ0) is 12.4. The lowest BCUT2D eigenvalue weighted by Crippen LogP contribution is -2.27. The Kier molecular flexibility index (Phi) is 3.67. The minimum atomic E-state index is -0.205. The van der Waals surface area contributed by atoms with Gasteiger partial charge in [0.1, 0.15) is 5.82 Å². The standard InChI is InChI=1S/C14H21FN2/c1-3-17(9-11-4-5-11)14-7-6-12(15)8-13(14)10(2)16/h6-8,10-11H,3-5,9,16H2,1-2H3/t10-/m0/s1. The average Bonchev–Trinajstić information content (AvgIpc) is 3.10. The van der Waals surface area contributed by atoms with Gasteiger partial charge in [0.05, 0.1) is 0 Å². The Morgan fingerprint density at radius 2 is 2.18 bits per heavy atom. The van der Waals surface area contributed by atoms with E-state index < -0.39 is 0 Å². The summed E-state index contributed by atoms with van der Waals surface area (Å²) >= 11 is 0. The summed E-state index contributed by atoms with van der Waals surface area (Å²) in [6, 6.07) is 4.82. The van der Waals surface area contributed by atoms with Crippen molar-refractivity contribution in [2.75, 3.05) is 18.0 Å². The second-order valence-electron chi connectivity index (χ2n) is 4.97. The van der Waals surface area contributed by atoms with Gasteiger partial charge in [-0.05, 0) is 56.4 Å². The summed E-state index contributed by atoms with van der Waals surface area (Å²) in [6.45, 7) is 6.06. The number of halogens is 1. The van der Waals surface area contributed by atoms with Gasteiger partial charge in [-0.3, -0.25) is 0 Å². The highest BCUT2D eigenvalue weighted by molar-refractivity contribution is 5.55. The van der Waals surface area contributed by atoms with Gasteiger partial charge in [-0.25, -0.2) is 4.39 Å². The predicted molar refractivity (Wildman–Crippen MR) is 69.6 cm³/mol. The molecular weight excluding hydrogens is 215 g/mol. The van der Waals surface area contributed by atoms with Crippen molar-refractivity contribution in [1.82, 2.24) is 0 Å². The van der Waals surface area contributed by atoms with Crippen molar-refractivity contribution in [2.45, 2.75) is 32.7 Å². The highest BCUT2D eigenvalue weighted by atomic mass is 19.1. The molecule has 1 fully saturated rings. The molecule has 1 aromatic rings. The highest BCUT2D eigenvalue weighted by Crippen LogP contribution is 2.33. The van der Waals surface area contributed by atoms with E-state index in [1.54, 1.807) is 6.07 Å². The summed E-state index contributed by atoms with van der Waals surface area (Å²) in [6.07, 6.45) is 2.65. The second kappa shape index (κ2) is 5.05. The molecule has 94 valence electrons. The molecule has 1 aliphatic carbocycles. The number of nitrogens with two attached hydrogens (primary N) is 1. The molecule has 0 amide bonds. The fourth-order valence-electron chi connectivity index (χ4n) is 2.19. The van der Waals surface area contributed by atoms with E-state index in [4.69, 9.17) is 5.73 Å². The molecule has 0 aromatic heterocycles. The van der Waals surface area contributed by atoms with Crippen LogP contribution in [0.5, 0.6) is 0 Å². The first kappa shape index (κ1) is 12.4. The van der Waals surface area contributed by atoms with E-state index in [1.807, 2.05) is 13.0 Å². The monoisotopic (exact) mass is 236 g/mol. The lowest BCUT2D eigenvalue weighted by atomic mass is 10.1. The van der Waals surface area contributed by atoms with E-state index in [9.17, 15) is 4.39 Å². The first-order valence-electron chi connectivity index (χ1n) is 6.41. The van der Waals surface area contributed by atoms with Crippen LogP contribution in [0.15, 0.2) is 18.2 Å². The fourth-order valence-corrected chi connectivity index (χ4v) is 2.19. The molecule has 0 radical (unpaired) electrons. The Hall–Kier alpha value is -1.09. The number of nitrogens with zero attached hydrogens (tertiary/aromatic N) is 1. The molecule has 2 rings (SSSR count). The summed E-state index contributed by atoms with van der Waals surface area (Å²) in [5.41, 5.74) is 7.93. The van der Waals surface area contributed by atoms with Crippen molar-refractivity contribution in [3.8, 4) is 0 Å². The van der Waals surface area contributed by atoms with Crippen LogP contribution < -0.4 is 10.6 Å². The first-order chi connectivity index (χ1) is 8.11. The van der Waals surface area contributed by atoms with Crippen LogP contribution in [0.2, 0.25) is 0 Å². The molecule has 1 saturated carbocycles. The Labute approximate surface area is 103 Å². The molecular formula is C14H21FN2. The van der Waals surface area contributed by atoms with Crippen LogP contribution in [0.1, 0.15) is 38.3 Å². The molecule has 17 heavy (non-hydrogen) atoms. The number of hydrogen-bond donors (Lipinski definition) is 1. The maximum atomic E-state index is 13.3. The molecule has 2 nitrogen and oxygen atoms in total. The van der Waals surface area contributed by atoms with Gasteiger partial charge in [0.2, 0.25) is 0 Å². The quantitative estimate of drug-likeness (QED) is 0.851. The van der Waals surface area contributed by atoms with Gasteiger partial charge >= 0.3 is 0 Å².